The Labute approximate surface area is 288 Å². The van der Waals surface area contributed by atoms with Crippen molar-refractivity contribution in [3.05, 3.63) is 99.2 Å². The van der Waals surface area contributed by atoms with Gasteiger partial charge in [0.1, 0.15) is 23.8 Å². The summed E-state index contributed by atoms with van der Waals surface area (Å²) in [5.74, 6) is 0.132. The number of nitrogens with one attached hydrogen (secondary N) is 1. The Morgan fingerprint density at radius 1 is 1.06 bits per heavy atom. The smallest absolute Gasteiger partial charge is 0.228 e. The molecule has 2 aromatic rings. The SMILES string of the molecule is CN(C)CCCN(C)C(=O)CCC(=O)N1C2=CCCC(O)=C2NC2=C(C(=O)CC(C)(C)C2)C1c1ccc(OCc2ccccc2)cc1Cl. The number of aliphatic hydroxyl groups is 1. The molecule has 0 bridgehead atoms. The van der Waals surface area contributed by atoms with E-state index in [4.69, 9.17) is 16.3 Å². The van der Waals surface area contributed by atoms with Crippen LogP contribution in [-0.2, 0) is 21.0 Å². The zero-order valence-corrected chi connectivity index (χ0v) is 29.4. The first-order valence-electron chi connectivity index (χ1n) is 16.7. The van der Waals surface area contributed by atoms with Gasteiger partial charge in [0.2, 0.25) is 11.8 Å². The molecule has 10 heteroatoms. The number of allylic oxidation sites excluding steroid dienone is 3. The third-order valence-corrected chi connectivity index (χ3v) is 9.44. The highest BCUT2D eigenvalue weighted by atomic mass is 35.5. The number of rotatable bonds is 11. The molecule has 5 rings (SSSR count). The molecule has 1 heterocycles. The van der Waals surface area contributed by atoms with Crippen LogP contribution in [0.1, 0.15) is 76.0 Å². The molecule has 1 atom stereocenters. The molecule has 0 spiro atoms. The first kappa shape index (κ1) is 35.2. The molecule has 0 saturated heterocycles. The van der Waals surface area contributed by atoms with Gasteiger partial charge in [-0.25, -0.2) is 0 Å². The third-order valence-electron chi connectivity index (χ3n) is 9.11. The van der Waals surface area contributed by atoms with E-state index in [1.54, 1.807) is 29.0 Å². The molecule has 2 N–H and O–H groups in total. The van der Waals surface area contributed by atoms with Crippen LogP contribution >= 0.6 is 11.6 Å². The molecule has 9 nitrogen and oxygen atoms in total. The first-order valence-corrected chi connectivity index (χ1v) is 17.1. The summed E-state index contributed by atoms with van der Waals surface area (Å²) in [5.41, 5.74) is 3.27. The van der Waals surface area contributed by atoms with E-state index in [2.05, 4.69) is 10.2 Å². The van der Waals surface area contributed by atoms with Gasteiger partial charge in [0.05, 0.1) is 11.7 Å². The number of ketones is 1. The van der Waals surface area contributed by atoms with Crippen molar-refractivity contribution < 1.29 is 24.2 Å². The normalized spacial score (nSPS) is 18.9. The molecule has 0 fully saturated rings. The van der Waals surface area contributed by atoms with Crippen molar-refractivity contribution in [2.24, 2.45) is 5.41 Å². The topological polar surface area (TPSA) is 102 Å². The van der Waals surface area contributed by atoms with Gasteiger partial charge in [0.15, 0.2) is 5.78 Å². The van der Waals surface area contributed by atoms with E-state index in [9.17, 15) is 19.5 Å². The third kappa shape index (κ3) is 8.13. The molecular formula is C38H47ClN4O5. The minimum Gasteiger partial charge on any atom is -0.510 e. The summed E-state index contributed by atoms with van der Waals surface area (Å²) >= 11 is 7.03. The van der Waals surface area contributed by atoms with Crippen LogP contribution in [0.3, 0.4) is 0 Å². The lowest BCUT2D eigenvalue weighted by Gasteiger charge is -2.37. The second-order valence-electron chi connectivity index (χ2n) is 14.0. The molecule has 1 unspecified atom stereocenters. The highest BCUT2D eigenvalue weighted by molar-refractivity contribution is 6.31. The van der Waals surface area contributed by atoms with Crippen molar-refractivity contribution in [2.75, 3.05) is 34.2 Å². The van der Waals surface area contributed by atoms with Gasteiger partial charge in [0, 0.05) is 55.6 Å². The summed E-state index contributed by atoms with van der Waals surface area (Å²) in [6, 6.07) is 14.3. The molecule has 0 saturated carbocycles. The second kappa shape index (κ2) is 15.0. The van der Waals surface area contributed by atoms with E-state index in [1.165, 1.54) is 0 Å². The van der Waals surface area contributed by atoms with Crippen LogP contribution in [-0.4, -0.2) is 71.6 Å². The Balaban J connectivity index is 1.52. The quantitative estimate of drug-likeness (QED) is 0.274. The number of benzene rings is 2. The standard InChI is InChI=1S/C38H47ClN4O5/c1-38(2)22-29-35(32(45)23-38)37(27-16-15-26(21-28(27)39)48-24-25-11-7-6-8-12-25)43(30-13-9-14-31(44)36(30)40-29)34(47)18-17-33(46)42(5)20-10-19-41(3)4/h6-8,11-13,15-16,21,37,40,44H,9-10,14,17-20,22-24H2,1-5H3. The van der Waals surface area contributed by atoms with E-state index in [0.29, 0.717) is 77.8 Å². The highest BCUT2D eigenvalue weighted by Gasteiger charge is 2.45. The summed E-state index contributed by atoms with van der Waals surface area (Å²) < 4.78 is 6.04. The number of hydrogen-bond acceptors (Lipinski definition) is 7. The molecule has 0 radical (unpaired) electrons. The monoisotopic (exact) mass is 674 g/mol. The molecule has 0 aromatic heterocycles. The number of nitrogens with zero attached hydrogens (tertiary/aromatic N) is 3. The molecular weight excluding hydrogens is 628 g/mol. The summed E-state index contributed by atoms with van der Waals surface area (Å²) in [6.07, 6.45) is 4.44. The number of fused-ring (bicyclic) bond motifs is 1. The minimum atomic E-state index is -0.873. The zero-order valence-electron chi connectivity index (χ0n) is 28.6. The Kier molecular flexibility index (Phi) is 11.0. The fourth-order valence-corrected chi connectivity index (χ4v) is 6.94. The summed E-state index contributed by atoms with van der Waals surface area (Å²) in [7, 11) is 5.73. The van der Waals surface area contributed by atoms with Gasteiger partial charge in [0.25, 0.3) is 0 Å². The molecule has 1 aliphatic heterocycles. The van der Waals surface area contributed by atoms with E-state index in [0.717, 1.165) is 18.5 Å². The number of halogens is 1. The molecule has 2 amide bonds. The van der Waals surface area contributed by atoms with Crippen molar-refractivity contribution in [1.82, 2.24) is 20.0 Å². The van der Waals surface area contributed by atoms with Gasteiger partial charge >= 0.3 is 0 Å². The maximum atomic E-state index is 14.4. The largest absolute Gasteiger partial charge is 0.510 e. The lowest BCUT2D eigenvalue weighted by atomic mass is 9.73. The van der Waals surface area contributed by atoms with Gasteiger partial charge in [-0.3, -0.25) is 19.3 Å². The lowest BCUT2D eigenvalue weighted by Crippen LogP contribution is -2.39. The lowest BCUT2D eigenvalue weighted by molar-refractivity contribution is -0.136. The van der Waals surface area contributed by atoms with Crippen molar-refractivity contribution in [2.45, 2.75) is 71.4 Å². The number of ether oxygens (including phenoxy) is 1. The Morgan fingerprint density at radius 3 is 2.52 bits per heavy atom. The van der Waals surface area contributed by atoms with Gasteiger partial charge in [-0.1, -0.05) is 67.9 Å². The average molecular weight is 675 g/mol. The number of aliphatic hydroxyl groups excluding tert-OH is 1. The summed E-state index contributed by atoms with van der Waals surface area (Å²) in [5, 5.41) is 14.9. The van der Waals surface area contributed by atoms with Crippen LogP contribution in [0.5, 0.6) is 5.75 Å². The van der Waals surface area contributed by atoms with Crippen molar-refractivity contribution >= 4 is 29.2 Å². The highest BCUT2D eigenvalue weighted by Crippen LogP contribution is 2.49. The molecule has 2 aliphatic carbocycles. The summed E-state index contributed by atoms with van der Waals surface area (Å²) in [6.45, 7) is 5.87. The number of carbonyl (C=O) groups is 3. The van der Waals surface area contributed by atoms with Crippen molar-refractivity contribution in [3.63, 3.8) is 0 Å². The van der Waals surface area contributed by atoms with Crippen LogP contribution < -0.4 is 10.1 Å². The Morgan fingerprint density at radius 2 is 1.81 bits per heavy atom. The van der Waals surface area contributed by atoms with E-state index >= 15 is 0 Å². The number of carbonyl (C=O) groups excluding carboxylic acids is 3. The van der Waals surface area contributed by atoms with Crippen LogP contribution in [0, 0.1) is 5.41 Å². The van der Waals surface area contributed by atoms with Crippen LogP contribution in [0.15, 0.2) is 83.0 Å². The van der Waals surface area contributed by atoms with Crippen molar-refractivity contribution in [3.8, 4) is 5.75 Å². The fraction of sp³-hybridized carbons (Fsp3) is 0.447. The van der Waals surface area contributed by atoms with Crippen molar-refractivity contribution in [1.29, 1.82) is 0 Å². The van der Waals surface area contributed by atoms with E-state index < -0.39 is 6.04 Å². The van der Waals surface area contributed by atoms with Gasteiger partial charge in [-0.05, 0) is 68.6 Å². The maximum absolute atomic E-state index is 14.4. The van der Waals surface area contributed by atoms with Crippen LogP contribution in [0.25, 0.3) is 0 Å². The number of amides is 2. The predicted octanol–water partition coefficient (Wildman–Crippen LogP) is 6.67. The maximum Gasteiger partial charge on any atom is 0.228 e. The van der Waals surface area contributed by atoms with Crippen LogP contribution in [0.2, 0.25) is 5.02 Å². The average Bonchev–Trinajstić information content (AvgIpc) is 3.17. The molecule has 48 heavy (non-hydrogen) atoms. The predicted molar refractivity (Wildman–Crippen MR) is 187 cm³/mol. The Bertz CT molecular complexity index is 1650. The first-order chi connectivity index (χ1) is 22.8. The van der Waals surface area contributed by atoms with Gasteiger partial charge in [-0.2, -0.15) is 0 Å². The zero-order chi connectivity index (χ0) is 34.6. The molecule has 2 aromatic carbocycles. The van der Waals surface area contributed by atoms with Gasteiger partial charge < -0.3 is 25.0 Å². The summed E-state index contributed by atoms with van der Waals surface area (Å²) in [4.78, 5) is 47.0. The van der Waals surface area contributed by atoms with E-state index in [1.807, 2.05) is 70.4 Å². The van der Waals surface area contributed by atoms with E-state index in [-0.39, 0.29) is 41.6 Å². The second-order valence-corrected chi connectivity index (χ2v) is 14.4. The fourth-order valence-electron chi connectivity index (χ4n) is 6.67. The van der Waals surface area contributed by atoms with Gasteiger partial charge in [-0.15, -0.1) is 0 Å². The van der Waals surface area contributed by atoms with Crippen LogP contribution in [0.4, 0.5) is 0 Å². The Hall–Kier alpha value is -4.08. The number of Topliss-reactive ketones (excluding diaryl/α,β-unsaturated/α-hetero) is 1. The molecule has 256 valence electrons. The molecule has 3 aliphatic rings. The number of hydrogen-bond donors (Lipinski definition) is 2. The minimum absolute atomic E-state index is 0.0130.